The number of nitro benzene ring substituents is 1. The second-order valence-electron chi connectivity index (χ2n) is 3.64. The Morgan fingerprint density at radius 1 is 0.889 bits per heavy atom. The molecule has 2 aromatic rings. The molecule has 0 unspecified atom stereocenters. The molecule has 2 rings (SSSR count). The van der Waals surface area contributed by atoms with Gasteiger partial charge in [0.15, 0.2) is 6.21 Å². The molecular weight excluding hydrogens is 232 g/mol. The van der Waals surface area contributed by atoms with E-state index in [4.69, 9.17) is 0 Å². The zero-order chi connectivity index (χ0) is 13.0. The summed E-state index contributed by atoms with van der Waals surface area (Å²) < 4.78 is 0.680. The van der Waals surface area contributed by atoms with E-state index in [-0.39, 0.29) is 5.69 Å². The van der Waals surface area contributed by atoms with Gasteiger partial charge in [-0.1, -0.05) is 24.3 Å². The van der Waals surface area contributed by atoms with E-state index >= 15 is 0 Å². The third-order valence-electron chi connectivity index (χ3n) is 2.36. The van der Waals surface area contributed by atoms with Gasteiger partial charge in [0.05, 0.1) is 4.92 Å². The molecule has 0 atom stereocenters. The Morgan fingerprint density at radius 2 is 1.56 bits per heavy atom. The van der Waals surface area contributed by atoms with E-state index < -0.39 is 4.92 Å². The summed E-state index contributed by atoms with van der Waals surface area (Å²) in [5.41, 5.74) is 0.928. The number of hydrogen-bond donors (Lipinski definition) is 0. The lowest BCUT2D eigenvalue weighted by Gasteiger charge is -2.02. The minimum Gasteiger partial charge on any atom is -0.618 e. The van der Waals surface area contributed by atoms with Crippen LogP contribution in [0.4, 0.5) is 11.4 Å². The Morgan fingerprint density at radius 3 is 2.22 bits per heavy atom. The summed E-state index contributed by atoms with van der Waals surface area (Å²) in [5, 5.41) is 22.4. The molecule has 0 saturated heterocycles. The third kappa shape index (κ3) is 2.70. The first-order valence-corrected chi connectivity index (χ1v) is 5.27. The van der Waals surface area contributed by atoms with Crippen molar-refractivity contribution >= 4 is 17.6 Å². The molecule has 18 heavy (non-hydrogen) atoms. The number of hydrogen-bond acceptors (Lipinski definition) is 3. The van der Waals surface area contributed by atoms with Gasteiger partial charge in [-0.15, -0.1) is 0 Å². The molecule has 0 amide bonds. The first-order valence-electron chi connectivity index (χ1n) is 5.27. The lowest BCUT2D eigenvalue weighted by atomic mass is 10.2. The number of benzene rings is 2. The van der Waals surface area contributed by atoms with Crippen molar-refractivity contribution in [1.29, 1.82) is 0 Å². The predicted octanol–water partition coefficient (Wildman–Crippen LogP) is 2.86. The second kappa shape index (κ2) is 5.09. The fourth-order valence-electron chi connectivity index (χ4n) is 1.50. The minimum absolute atomic E-state index is 0.0368. The van der Waals surface area contributed by atoms with Gasteiger partial charge in [0.1, 0.15) is 0 Å². The summed E-state index contributed by atoms with van der Waals surface area (Å²) in [6.07, 6.45) is 1.31. The van der Waals surface area contributed by atoms with Gasteiger partial charge in [-0.3, -0.25) is 10.1 Å². The van der Waals surface area contributed by atoms with Gasteiger partial charge < -0.3 is 5.21 Å². The Balaban J connectivity index is 2.33. The van der Waals surface area contributed by atoms with Crippen molar-refractivity contribution in [3.8, 4) is 0 Å². The van der Waals surface area contributed by atoms with Crippen molar-refractivity contribution in [3.63, 3.8) is 0 Å². The Kier molecular flexibility index (Phi) is 3.33. The van der Waals surface area contributed by atoms with Gasteiger partial charge >= 0.3 is 0 Å². The average molecular weight is 242 g/mol. The summed E-state index contributed by atoms with van der Waals surface area (Å²) >= 11 is 0. The molecule has 0 bridgehead atoms. The second-order valence-corrected chi connectivity index (χ2v) is 3.64. The van der Waals surface area contributed by atoms with E-state index in [1.54, 1.807) is 36.4 Å². The van der Waals surface area contributed by atoms with Crippen LogP contribution in [0.15, 0.2) is 54.6 Å². The monoisotopic (exact) mass is 242 g/mol. The number of nitrogens with zero attached hydrogens (tertiary/aromatic N) is 2. The van der Waals surface area contributed by atoms with Crippen LogP contribution < -0.4 is 0 Å². The molecule has 0 aliphatic heterocycles. The van der Waals surface area contributed by atoms with Crippen LogP contribution in [0, 0.1) is 15.3 Å². The summed E-state index contributed by atoms with van der Waals surface area (Å²) in [5.74, 6) is 0. The highest BCUT2D eigenvalue weighted by atomic mass is 16.6. The molecule has 90 valence electrons. The molecule has 0 radical (unpaired) electrons. The van der Waals surface area contributed by atoms with Crippen LogP contribution in [0.3, 0.4) is 0 Å². The SMILES string of the molecule is O=[N+]([O-])c1cccc(/C=[N+](/[O-])c2ccccc2)c1. The molecule has 0 spiro atoms. The highest BCUT2D eigenvalue weighted by molar-refractivity contribution is 5.77. The molecule has 0 aliphatic rings. The molecule has 0 saturated carbocycles. The van der Waals surface area contributed by atoms with E-state index in [0.717, 1.165) is 0 Å². The topological polar surface area (TPSA) is 69.2 Å². The lowest BCUT2D eigenvalue weighted by molar-refractivity contribution is -0.385. The third-order valence-corrected chi connectivity index (χ3v) is 2.36. The predicted molar refractivity (Wildman–Crippen MR) is 68.0 cm³/mol. The molecule has 0 aromatic heterocycles. The van der Waals surface area contributed by atoms with Crippen LogP contribution >= 0.6 is 0 Å². The molecule has 0 N–H and O–H groups in total. The maximum absolute atomic E-state index is 11.8. The summed E-state index contributed by atoms with van der Waals surface area (Å²) in [6.45, 7) is 0. The van der Waals surface area contributed by atoms with E-state index in [1.165, 1.54) is 18.3 Å². The van der Waals surface area contributed by atoms with Crippen LogP contribution in [0.2, 0.25) is 0 Å². The van der Waals surface area contributed by atoms with E-state index in [9.17, 15) is 15.3 Å². The van der Waals surface area contributed by atoms with Crippen molar-refractivity contribution in [2.24, 2.45) is 0 Å². The first-order chi connectivity index (χ1) is 8.66. The zero-order valence-electron chi connectivity index (χ0n) is 9.39. The summed E-state index contributed by atoms with van der Waals surface area (Å²) in [7, 11) is 0. The fraction of sp³-hybridized carbons (Fsp3) is 0. The Bertz CT molecular complexity index is 594. The van der Waals surface area contributed by atoms with Crippen molar-refractivity contribution < 1.29 is 9.66 Å². The average Bonchev–Trinajstić information content (AvgIpc) is 2.40. The smallest absolute Gasteiger partial charge is 0.270 e. The Hall–Kier alpha value is -2.69. The molecule has 0 aliphatic carbocycles. The van der Waals surface area contributed by atoms with Crippen LogP contribution in [-0.2, 0) is 0 Å². The highest BCUT2D eigenvalue weighted by Crippen LogP contribution is 2.13. The highest BCUT2D eigenvalue weighted by Gasteiger charge is 2.07. The van der Waals surface area contributed by atoms with Gasteiger partial charge in [-0.25, -0.2) is 0 Å². The van der Waals surface area contributed by atoms with Crippen molar-refractivity contribution in [2.45, 2.75) is 0 Å². The van der Waals surface area contributed by atoms with Crippen LogP contribution in [-0.4, -0.2) is 15.9 Å². The number of nitro groups is 1. The van der Waals surface area contributed by atoms with Crippen molar-refractivity contribution in [2.75, 3.05) is 0 Å². The summed E-state index contributed by atoms with van der Waals surface area (Å²) in [6, 6.07) is 14.6. The summed E-state index contributed by atoms with van der Waals surface area (Å²) in [4.78, 5) is 10.1. The molecular formula is C13H10N2O3. The lowest BCUT2D eigenvalue weighted by Crippen LogP contribution is -1.99. The fourth-order valence-corrected chi connectivity index (χ4v) is 1.50. The maximum Gasteiger partial charge on any atom is 0.270 e. The van der Waals surface area contributed by atoms with Crippen LogP contribution in [0.1, 0.15) is 5.56 Å². The normalized spacial score (nSPS) is 11.2. The maximum atomic E-state index is 11.8. The number of rotatable bonds is 3. The van der Waals surface area contributed by atoms with Crippen molar-refractivity contribution in [1.82, 2.24) is 0 Å². The van der Waals surface area contributed by atoms with Gasteiger partial charge in [0.2, 0.25) is 5.69 Å². The quantitative estimate of drug-likeness (QED) is 0.273. The van der Waals surface area contributed by atoms with Crippen molar-refractivity contribution in [3.05, 3.63) is 75.5 Å². The number of non-ortho nitro benzene ring substituents is 1. The van der Waals surface area contributed by atoms with E-state index in [1.807, 2.05) is 6.07 Å². The van der Waals surface area contributed by atoms with Gasteiger partial charge in [0, 0.05) is 29.8 Å². The molecule has 0 heterocycles. The molecule has 5 heteroatoms. The Labute approximate surface area is 103 Å². The first kappa shape index (κ1) is 11.8. The molecule has 0 fully saturated rings. The van der Waals surface area contributed by atoms with Gasteiger partial charge in [-0.2, -0.15) is 4.74 Å². The van der Waals surface area contributed by atoms with Crippen LogP contribution in [0.5, 0.6) is 0 Å². The zero-order valence-corrected chi connectivity index (χ0v) is 9.39. The largest absolute Gasteiger partial charge is 0.618 e. The standard InChI is InChI=1S/C13H10N2O3/c16-14(12-6-2-1-3-7-12)10-11-5-4-8-13(9-11)15(17)18/h1-10H/b14-10+. The molecule has 5 nitrogen and oxygen atoms in total. The number of para-hydroxylation sites is 1. The van der Waals surface area contributed by atoms with E-state index in [0.29, 0.717) is 16.0 Å². The van der Waals surface area contributed by atoms with Crippen LogP contribution in [0.25, 0.3) is 0 Å². The molecule has 2 aromatic carbocycles. The van der Waals surface area contributed by atoms with E-state index in [2.05, 4.69) is 0 Å². The minimum atomic E-state index is -0.491. The van der Waals surface area contributed by atoms with Gasteiger partial charge in [0.25, 0.3) is 5.69 Å². The van der Waals surface area contributed by atoms with Gasteiger partial charge in [-0.05, 0) is 6.07 Å².